The summed E-state index contributed by atoms with van der Waals surface area (Å²) in [5, 5.41) is 0. The summed E-state index contributed by atoms with van der Waals surface area (Å²) >= 11 is 0. The van der Waals surface area contributed by atoms with Crippen molar-refractivity contribution in [1.29, 1.82) is 0 Å². The highest BCUT2D eigenvalue weighted by Gasteiger charge is 2.72. The van der Waals surface area contributed by atoms with Crippen molar-refractivity contribution in [3.8, 4) is 0 Å². The first-order chi connectivity index (χ1) is 17.0. The molecule has 0 spiro atoms. The Morgan fingerprint density at radius 1 is 0.806 bits per heavy atom. The van der Waals surface area contributed by atoms with Gasteiger partial charge in [-0.3, -0.25) is 19.2 Å². The van der Waals surface area contributed by atoms with Crippen LogP contribution < -0.4 is 0 Å². The number of hydrogen-bond acceptors (Lipinski definition) is 8. The monoisotopic (exact) mass is 506 g/mol. The SMILES string of the molecule is CCOC(=O)[C@@H]1CC[C@@H]2[C@@H]3CC[C@]4(OC(C)=O)C[C@H](OC(C)=O)CC[C@]4(C(=O)OCC)[C@H]3CC[C@]21C. The minimum absolute atomic E-state index is 0.0260. The first kappa shape index (κ1) is 26.9. The zero-order valence-corrected chi connectivity index (χ0v) is 22.4. The highest BCUT2D eigenvalue weighted by molar-refractivity contribution is 5.81. The molecule has 0 radical (unpaired) electrons. The van der Waals surface area contributed by atoms with Crippen LogP contribution in [0.5, 0.6) is 0 Å². The van der Waals surface area contributed by atoms with Crippen molar-refractivity contribution in [3.05, 3.63) is 0 Å². The van der Waals surface area contributed by atoms with E-state index in [-0.39, 0.29) is 47.7 Å². The predicted molar refractivity (Wildman–Crippen MR) is 129 cm³/mol. The molecule has 0 aromatic rings. The second-order valence-corrected chi connectivity index (χ2v) is 11.6. The fraction of sp³-hybridized carbons (Fsp3) is 0.857. The zero-order chi connectivity index (χ0) is 26.3. The lowest BCUT2D eigenvalue weighted by atomic mass is 9.42. The summed E-state index contributed by atoms with van der Waals surface area (Å²) in [6, 6.07) is 0. The number of fused-ring (bicyclic) bond motifs is 5. The van der Waals surface area contributed by atoms with Gasteiger partial charge in [-0.05, 0) is 88.4 Å². The van der Waals surface area contributed by atoms with Crippen LogP contribution in [0.15, 0.2) is 0 Å². The number of ether oxygens (including phenoxy) is 4. The lowest BCUT2D eigenvalue weighted by Crippen LogP contribution is -2.69. The molecular formula is C28H42O8. The predicted octanol–water partition coefficient (Wildman–Crippen LogP) is 4.37. The molecule has 0 unspecified atom stereocenters. The van der Waals surface area contributed by atoms with E-state index in [0.717, 1.165) is 32.1 Å². The highest BCUT2D eigenvalue weighted by Crippen LogP contribution is 2.69. The summed E-state index contributed by atoms with van der Waals surface area (Å²) in [4.78, 5) is 51.0. The van der Waals surface area contributed by atoms with Crippen molar-refractivity contribution in [2.75, 3.05) is 13.2 Å². The van der Waals surface area contributed by atoms with Gasteiger partial charge in [0.1, 0.15) is 17.1 Å². The number of carbonyl (C=O) groups is 4. The molecule has 8 nitrogen and oxygen atoms in total. The molecule has 0 aliphatic heterocycles. The molecule has 4 fully saturated rings. The van der Waals surface area contributed by atoms with Crippen LogP contribution in [0.1, 0.15) is 92.4 Å². The van der Waals surface area contributed by atoms with Gasteiger partial charge in [0.15, 0.2) is 0 Å². The topological polar surface area (TPSA) is 105 Å². The van der Waals surface area contributed by atoms with Crippen LogP contribution in [0.4, 0.5) is 0 Å². The number of carbonyl (C=O) groups excluding carboxylic acids is 4. The van der Waals surface area contributed by atoms with Crippen LogP contribution in [0, 0.1) is 34.5 Å². The van der Waals surface area contributed by atoms with E-state index in [1.807, 2.05) is 6.92 Å². The Kier molecular flexibility index (Phi) is 7.46. The zero-order valence-electron chi connectivity index (χ0n) is 22.4. The molecule has 8 atom stereocenters. The lowest BCUT2D eigenvalue weighted by molar-refractivity contribution is -0.249. The van der Waals surface area contributed by atoms with Crippen LogP contribution >= 0.6 is 0 Å². The van der Waals surface area contributed by atoms with E-state index in [1.165, 1.54) is 13.8 Å². The second-order valence-electron chi connectivity index (χ2n) is 11.6. The largest absolute Gasteiger partial charge is 0.466 e. The van der Waals surface area contributed by atoms with Crippen molar-refractivity contribution >= 4 is 23.9 Å². The molecule has 0 amide bonds. The average Bonchev–Trinajstić information content (AvgIpc) is 3.15. The maximum absolute atomic E-state index is 14.0. The van der Waals surface area contributed by atoms with E-state index in [1.54, 1.807) is 6.92 Å². The summed E-state index contributed by atoms with van der Waals surface area (Å²) < 4.78 is 22.9. The molecule has 4 aliphatic carbocycles. The van der Waals surface area contributed by atoms with Crippen molar-refractivity contribution in [3.63, 3.8) is 0 Å². The maximum atomic E-state index is 14.0. The molecule has 0 saturated heterocycles. The summed E-state index contributed by atoms with van der Waals surface area (Å²) in [5.74, 6) is -0.850. The smallest absolute Gasteiger partial charge is 0.316 e. The van der Waals surface area contributed by atoms with E-state index >= 15 is 0 Å². The molecule has 0 bridgehead atoms. The molecule has 4 aliphatic rings. The lowest BCUT2D eigenvalue weighted by Gasteiger charge is -2.63. The number of esters is 4. The Labute approximate surface area is 214 Å². The van der Waals surface area contributed by atoms with E-state index in [4.69, 9.17) is 18.9 Å². The Hall–Kier alpha value is -2.12. The molecule has 4 saturated carbocycles. The molecule has 0 aromatic heterocycles. The fourth-order valence-electron chi connectivity index (χ4n) is 8.94. The van der Waals surface area contributed by atoms with Crippen LogP contribution in [0.25, 0.3) is 0 Å². The minimum atomic E-state index is -1.07. The number of hydrogen-bond donors (Lipinski definition) is 0. The Morgan fingerprint density at radius 3 is 2.17 bits per heavy atom. The van der Waals surface area contributed by atoms with E-state index in [9.17, 15) is 19.2 Å². The van der Waals surface area contributed by atoms with Gasteiger partial charge in [-0.2, -0.15) is 0 Å². The van der Waals surface area contributed by atoms with Gasteiger partial charge < -0.3 is 18.9 Å². The molecule has 0 aromatic carbocycles. The van der Waals surface area contributed by atoms with Gasteiger partial charge in [0.25, 0.3) is 0 Å². The Balaban J connectivity index is 1.74. The average molecular weight is 507 g/mol. The number of rotatable bonds is 6. The van der Waals surface area contributed by atoms with Gasteiger partial charge in [-0.1, -0.05) is 6.92 Å². The van der Waals surface area contributed by atoms with Crippen molar-refractivity contribution in [2.45, 2.75) is 104 Å². The van der Waals surface area contributed by atoms with Gasteiger partial charge in [0, 0.05) is 20.3 Å². The minimum Gasteiger partial charge on any atom is -0.466 e. The maximum Gasteiger partial charge on any atom is 0.316 e. The molecule has 0 heterocycles. The van der Waals surface area contributed by atoms with Crippen molar-refractivity contribution in [1.82, 2.24) is 0 Å². The quantitative estimate of drug-likeness (QED) is 0.386. The first-order valence-electron chi connectivity index (χ1n) is 13.7. The molecule has 4 rings (SSSR count). The second kappa shape index (κ2) is 9.97. The molecule has 202 valence electrons. The van der Waals surface area contributed by atoms with Crippen LogP contribution in [0.2, 0.25) is 0 Å². The molecule has 8 heteroatoms. The fourth-order valence-corrected chi connectivity index (χ4v) is 8.94. The third kappa shape index (κ3) is 4.12. The van der Waals surface area contributed by atoms with Gasteiger partial charge >= 0.3 is 23.9 Å². The summed E-state index contributed by atoms with van der Waals surface area (Å²) in [6.45, 7) is 9.25. The van der Waals surface area contributed by atoms with Gasteiger partial charge in [0.2, 0.25) is 0 Å². The van der Waals surface area contributed by atoms with E-state index in [2.05, 4.69) is 6.92 Å². The van der Waals surface area contributed by atoms with Crippen LogP contribution in [-0.2, 0) is 38.1 Å². The summed E-state index contributed by atoms with van der Waals surface area (Å²) in [7, 11) is 0. The third-order valence-electron chi connectivity index (χ3n) is 10.1. The van der Waals surface area contributed by atoms with Gasteiger partial charge in [-0.15, -0.1) is 0 Å². The Morgan fingerprint density at radius 2 is 1.53 bits per heavy atom. The first-order valence-corrected chi connectivity index (χ1v) is 13.7. The normalized spacial score (nSPS) is 41.2. The molecule has 36 heavy (non-hydrogen) atoms. The van der Waals surface area contributed by atoms with Crippen molar-refractivity contribution in [2.24, 2.45) is 34.5 Å². The van der Waals surface area contributed by atoms with E-state index < -0.39 is 23.1 Å². The third-order valence-corrected chi connectivity index (χ3v) is 10.1. The Bertz CT molecular complexity index is 900. The standard InChI is InChI=1S/C28H42O8/c1-6-33-24(31)23-9-8-21-20-11-14-27(36-18(4)30)16-19(35-17(3)29)10-15-28(27,25(32)34-7-2)22(20)12-13-26(21,23)5/h19-23H,6-16H2,1-5H3/t19-,20+,21-,22+,23+,26-,27+,28-/m1/s1. The van der Waals surface area contributed by atoms with Crippen LogP contribution in [-0.4, -0.2) is 48.8 Å². The summed E-state index contributed by atoms with van der Waals surface area (Å²) in [5.41, 5.74) is -2.23. The van der Waals surface area contributed by atoms with Gasteiger partial charge in [-0.25, -0.2) is 0 Å². The van der Waals surface area contributed by atoms with E-state index in [0.29, 0.717) is 38.2 Å². The summed E-state index contributed by atoms with van der Waals surface area (Å²) in [6.07, 6.45) is 5.48. The molecule has 0 N–H and O–H groups in total. The van der Waals surface area contributed by atoms with Gasteiger partial charge in [0.05, 0.1) is 19.1 Å². The van der Waals surface area contributed by atoms with Crippen molar-refractivity contribution < 1.29 is 38.1 Å². The highest BCUT2D eigenvalue weighted by atomic mass is 16.6. The molecular weight excluding hydrogens is 464 g/mol. The van der Waals surface area contributed by atoms with Crippen LogP contribution in [0.3, 0.4) is 0 Å².